The van der Waals surface area contributed by atoms with E-state index < -0.39 is 10.0 Å². The summed E-state index contributed by atoms with van der Waals surface area (Å²) in [5.41, 5.74) is 1.64. The van der Waals surface area contributed by atoms with Crippen LogP contribution in [0.4, 0.5) is 5.95 Å². The second kappa shape index (κ2) is 6.64. The predicted molar refractivity (Wildman–Crippen MR) is 81.6 cm³/mol. The molecule has 6 nitrogen and oxygen atoms in total. The molecule has 7 heteroatoms. The number of nitrogens with one attached hydrogen (secondary N) is 2. The van der Waals surface area contributed by atoms with Gasteiger partial charge in [0.1, 0.15) is 0 Å². The lowest BCUT2D eigenvalue weighted by Crippen LogP contribution is -2.29. The van der Waals surface area contributed by atoms with Crippen molar-refractivity contribution in [3.63, 3.8) is 0 Å². The van der Waals surface area contributed by atoms with Gasteiger partial charge in [-0.15, -0.1) is 0 Å². The van der Waals surface area contributed by atoms with Crippen LogP contribution < -0.4 is 10.0 Å². The molecule has 1 aromatic heterocycles. The number of benzene rings is 1. The normalized spacial score (nSPS) is 11.3. The molecule has 0 radical (unpaired) electrons. The van der Waals surface area contributed by atoms with Gasteiger partial charge in [0.15, 0.2) is 0 Å². The van der Waals surface area contributed by atoms with E-state index in [-0.39, 0.29) is 6.54 Å². The fraction of sp³-hybridized carbons (Fsp3) is 0.286. The predicted octanol–water partition coefficient (Wildman–Crippen LogP) is 1.48. The Morgan fingerprint density at radius 1 is 1.10 bits per heavy atom. The Bertz CT molecular complexity index is 702. The van der Waals surface area contributed by atoms with Gasteiger partial charge in [-0.1, -0.05) is 12.1 Å². The van der Waals surface area contributed by atoms with Crippen LogP contribution in [0.15, 0.2) is 41.6 Å². The lowest BCUT2D eigenvalue weighted by molar-refractivity contribution is 0.582. The summed E-state index contributed by atoms with van der Waals surface area (Å²) in [6, 6.07) is 7.09. The summed E-state index contributed by atoms with van der Waals surface area (Å²) in [5.74, 6) is 0.475. The largest absolute Gasteiger partial charge is 0.353 e. The van der Waals surface area contributed by atoms with Gasteiger partial charge in [0.2, 0.25) is 16.0 Å². The number of rotatable bonds is 6. The van der Waals surface area contributed by atoms with Crippen molar-refractivity contribution in [2.24, 2.45) is 0 Å². The Morgan fingerprint density at radius 3 is 2.52 bits per heavy atom. The molecule has 1 aromatic carbocycles. The summed E-state index contributed by atoms with van der Waals surface area (Å²) in [4.78, 5) is 8.31. The van der Waals surface area contributed by atoms with Crippen LogP contribution in [-0.2, 0) is 10.0 Å². The molecule has 1 heterocycles. The van der Waals surface area contributed by atoms with Gasteiger partial charge in [0.05, 0.1) is 4.90 Å². The minimum absolute atomic E-state index is 0.258. The van der Waals surface area contributed by atoms with Crippen molar-refractivity contribution in [2.45, 2.75) is 18.7 Å². The first-order valence-electron chi connectivity index (χ1n) is 6.57. The zero-order valence-electron chi connectivity index (χ0n) is 12.0. The van der Waals surface area contributed by atoms with Crippen molar-refractivity contribution < 1.29 is 8.42 Å². The standard InChI is InChI=1S/C14H18N4O2S/c1-11-4-5-12(2)13(10-11)21(19,20)18-9-8-17-14-15-6-3-7-16-14/h3-7,10,18H,8-9H2,1-2H3,(H,15,16,17). The molecule has 0 atom stereocenters. The fourth-order valence-electron chi connectivity index (χ4n) is 1.82. The van der Waals surface area contributed by atoms with Gasteiger partial charge in [-0.3, -0.25) is 0 Å². The molecule has 2 N–H and O–H groups in total. The first-order chi connectivity index (χ1) is 9.99. The van der Waals surface area contributed by atoms with Gasteiger partial charge >= 0.3 is 0 Å². The first-order valence-corrected chi connectivity index (χ1v) is 8.05. The van der Waals surface area contributed by atoms with Gasteiger partial charge < -0.3 is 5.32 Å². The second-order valence-electron chi connectivity index (χ2n) is 4.67. The number of aromatic nitrogens is 2. The lowest BCUT2D eigenvalue weighted by Gasteiger charge is -2.10. The van der Waals surface area contributed by atoms with Crippen molar-refractivity contribution in [3.05, 3.63) is 47.8 Å². The summed E-state index contributed by atoms with van der Waals surface area (Å²) in [5, 5.41) is 2.95. The van der Waals surface area contributed by atoms with Gasteiger partial charge in [0.25, 0.3) is 0 Å². The third-order valence-corrected chi connectivity index (χ3v) is 4.50. The van der Waals surface area contributed by atoms with Gasteiger partial charge in [-0.2, -0.15) is 0 Å². The van der Waals surface area contributed by atoms with E-state index in [0.29, 0.717) is 17.4 Å². The average Bonchev–Trinajstić information content (AvgIpc) is 2.47. The average molecular weight is 306 g/mol. The van der Waals surface area contributed by atoms with Gasteiger partial charge in [-0.05, 0) is 37.1 Å². The maximum Gasteiger partial charge on any atom is 0.240 e. The van der Waals surface area contributed by atoms with Crippen molar-refractivity contribution in [2.75, 3.05) is 18.4 Å². The summed E-state index contributed by atoms with van der Waals surface area (Å²) in [6.07, 6.45) is 3.24. The Labute approximate surface area is 124 Å². The molecule has 0 aliphatic heterocycles. The lowest BCUT2D eigenvalue weighted by atomic mass is 10.2. The molecule has 0 spiro atoms. The Kier molecular flexibility index (Phi) is 4.87. The monoisotopic (exact) mass is 306 g/mol. The van der Waals surface area contributed by atoms with Crippen LogP contribution in [0.5, 0.6) is 0 Å². The highest BCUT2D eigenvalue weighted by molar-refractivity contribution is 7.89. The zero-order chi connectivity index (χ0) is 15.3. The Hall–Kier alpha value is -1.99. The number of aryl methyl sites for hydroxylation is 2. The molecule has 2 aromatic rings. The van der Waals surface area contributed by atoms with E-state index in [1.54, 1.807) is 37.5 Å². The molecule has 2 rings (SSSR count). The summed E-state index contributed by atoms with van der Waals surface area (Å²) >= 11 is 0. The summed E-state index contributed by atoms with van der Waals surface area (Å²) in [7, 11) is -3.50. The maximum atomic E-state index is 12.2. The zero-order valence-corrected chi connectivity index (χ0v) is 12.8. The third-order valence-electron chi connectivity index (χ3n) is 2.90. The van der Waals surface area contributed by atoms with E-state index in [1.807, 2.05) is 13.0 Å². The van der Waals surface area contributed by atoms with Crippen molar-refractivity contribution >= 4 is 16.0 Å². The molecule has 21 heavy (non-hydrogen) atoms. The molecule has 0 unspecified atom stereocenters. The Balaban J connectivity index is 1.94. The molecular formula is C14H18N4O2S. The van der Waals surface area contributed by atoms with Crippen molar-refractivity contribution in [1.29, 1.82) is 0 Å². The molecule has 0 amide bonds. The van der Waals surface area contributed by atoms with E-state index in [2.05, 4.69) is 20.0 Å². The van der Waals surface area contributed by atoms with Crippen LogP contribution in [0, 0.1) is 13.8 Å². The van der Waals surface area contributed by atoms with E-state index in [4.69, 9.17) is 0 Å². The van der Waals surface area contributed by atoms with Crippen molar-refractivity contribution in [3.8, 4) is 0 Å². The van der Waals surface area contributed by atoms with Crippen LogP contribution in [0.2, 0.25) is 0 Å². The first kappa shape index (κ1) is 15.4. The van der Waals surface area contributed by atoms with Gasteiger partial charge in [-0.25, -0.2) is 23.1 Å². The van der Waals surface area contributed by atoms with Crippen LogP contribution in [-0.4, -0.2) is 31.5 Å². The molecular weight excluding hydrogens is 288 g/mol. The van der Waals surface area contributed by atoms with E-state index in [1.165, 1.54) is 0 Å². The maximum absolute atomic E-state index is 12.2. The van der Waals surface area contributed by atoms with E-state index >= 15 is 0 Å². The highest BCUT2D eigenvalue weighted by Crippen LogP contribution is 2.16. The minimum atomic E-state index is -3.50. The molecule has 112 valence electrons. The number of hydrogen-bond acceptors (Lipinski definition) is 5. The highest BCUT2D eigenvalue weighted by Gasteiger charge is 2.16. The quantitative estimate of drug-likeness (QED) is 0.790. The fourth-order valence-corrected chi connectivity index (χ4v) is 3.18. The smallest absolute Gasteiger partial charge is 0.240 e. The van der Waals surface area contributed by atoms with Crippen LogP contribution in [0.3, 0.4) is 0 Å². The Morgan fingerprint density at radius 2 is 1.81 bits per heavy atom. The van der Waals surface area contributed by atoms with Crippen LogP contribution in [0.1, 0.15) is 11.1 Å². The van der Waals surface area contributed by atoms with Crippen molar-refractivity contribution in [1.82, 2.24) is 14.7 Å². The molecule has 0 aliphatic rings. The molecule has 0 aliphatic carbocycles. The minimum Gasteiger partial charge on any atom is -0.353 e. The number of hydrogen-bond donors (Lipinski definition) is 2. The van der Waals surface area contributed by atoms with Crippen LogP contribution >= 0.6 is 0 Å². The molecule has 0 saturated carbocycles. The molecule has 0 bridgehead atoms. The van der Waals surface area contributed by atoms with Crippen LogP contribution in [0.25, 0.3) is 0 Å². The van der Waals surface area contributed by atoms with Gasteiger partial charge in [0, 0.05) is 25.5 Å². The highest BCUT2D eigenvalue weighted by atomic mass is 32.2. The summed E-state index contributed by atoms with van der Waals surface area (Å²) in [6.45, 7) is 4.32. The third kappa shape index (κ3) is 4.24. The van der Waals surface area contributed by atoms with E-state index in [9.17, 15) is 8.42 Å². The summed E-state index contributed by atoms with van der Waals surface area (Å²) < 4.78 is 27.1. The SMILES string of the molecule is Cc1ccc(C)c(S(=O)(=O)NCCNc2ncccn2)c1. The van der Waals surface area contributed by atoms with E-state index in [0.717, 1.165) is 11.1 Å². The second-order valence-corrected chi connectivity index (χ2v) is 6.40. The number of anilines is 1. The number of sulfonamides is 1. The number of nitrogens with zero attached hydrogens (tertiary/aromatic N) is 2. The topological polar surface area (TPSA) is 84.0 Å². The molecule has 0 fully saturated rings. The molecule has 0 saturated heterocycles.